The standard InChI is InChI=1S/C21H20N2O3/c24-20(18-13-15-7-4-5-11-19(15)26-21(18)25)22-14-17-10-6-12-23(17)16-8-2-1-3-9-16/h1-5,7-9,11,13,17H,6,10,12,14H2,(H,22,24). The molecular formula is C21H20N2O3. The van der Waals surface area contributed by atoms with Gasteiger partial charge < -0.3 is 14.6 Å². The molecule has 1 aliphatic rings. The van der Waals surface area contributed by atoms with Gasteiger partial charge in [-0.1, -0.05) is 36.4 Å². The number of carbonyl (C=O) groups excluding carboxylic acids is 1. The first-order chi connectivity index (χ1) is 12.7. The van der Waals surface area contributed by atoms with Gasteiger partial charge in [0.2, 0.25) is 0 Å². The van der Waals surface area contributed by atoms with Crippen LogP contribution < -0.4 is 15.8 Å². The summed E-state index contributed by atoms with van der Waals surface area (Å²) in [6.07, 6.45) is 2.11. The monoisotopic (exact) mass is 348 g/mol. The van der Waals surface area contributed by atoms with Crippen LogP contribution in [-0.4, -0.2) is 25.0 Å². The lowest BCUT2D eigenvalue weighted by molar-refractivity contribution is 0.0948. The molecule has 1 fully saturated rings. The maximum atomic E-state index is 12.5. The molecule has 2 heterocycles. The van der Waals surface area contributed by atoms with E-state index < -0.39 is 5.63 Å². The predicted octanol–water partition coefficient (Wildman–Crippen LogP) is 3.19. The van der Waals surface area contributed by atoms with Gasteiger partial charge in [-0.3, -0.25) is 4.79 Å². The summed E-state index contributed by atoms with van der Waals surface area (Å²) >= 11 is 0. The van der Waals surface area contributed by atoms with Crippen molar-refractivity contribution in [1.29, 1.82) is 0 Å². The number of benzene rings is 2. The lowest BCUT2D eigenvalue weighted by Gasteiger charge is -2.27. The number of rotatable bonds is 4. The fourth-order valence-electron chi connectivity index (χ4n) is 3.53. The van der Waals surface area contributed by atoms with Crippen molar-refractivity contribution in [2.45, 2.75) is 18.9 Å². The van der Waals surface area contributed by atoms with Gasteiger partial charge in [-0.2, -0.15) is 0 Å². The number of hydrogen-bond donors (Lipinski definition) is 1. The van der Waals surface area contributed by atoms with Gasteiger partial charge in [0.1, 0.15) is 11.1 Å². The minimum Gasteiger partial charge on any atom is -0.422 e. The molecule has 132 valence electrons. The van der Waals surface area contributed by atoms with Crippen LogP contribution in [0.3, 0.4) is 0 Å². The van der Waals surface area contributed by atoms with E-state index in [1.54, 1.807) is 18.2 Å². The number of anilines is 1. The highest BCUT2D eigenvalue weighted by Gasteiger charge is 2.25. The van der Waals surface area contributed by atoms with Gasteiger partial charge in [-0.25, -0.2) is 4.79 Å². The third-order valence-electron chi connectivity index (χ3n) is 4.85. The molecule has 1 N–H and O–H groups in total. The van der Waals surface area contributed by atoms with Crippen molar-refractivity contribution < 1.29 is 9.21 Å². The van der Waals surface area contributed by atoms with E-state index in [2.05, 4.69) is 22.3 Å². The van der Waals surface area contributed by atoms with Gasteiger partial charge in [-0.05, 0) is 37.1 Å². The van der Waals surface area contributed by atoms with Crippen LogP contribution in [-0.2, 0) is 0 Å². The molecule has 3 aromatic rings. The van der Waals surface area contributed by atoms with Gasteiger partial charge in [0.05, 0.1) is 0 Å². The first-order valence-electron chi connectivity index (χ1n) is 8.85. The van der Waals surface area contributed by atoms with Crippen LogP contribution in [0.25, 0.3) is 11.0 Å². The number of fused-ring (bicyclic) bond motifs is 1. The zero-order chi connectivity index (χ0) is 17.9. The summed E-state index contributed by atoms with van der Waals surface area (Å²) in [6.45, 7) is 1.47. The van der Waals surface area contributed by atoms with Crippen LogP contribution in [0, 0.1) is 0 Å². The smallest absolute Gasteiger partial charge is 0.349 e. The minimum absolute atomic E-state index is 0.0490. The lowest BCUT2D eigenvalue weighted by atomic mass is 10.1. The van der Waals surface area contributed by atoms with Crippen LogP contribution in [0.5, 0.6) is 0 Å². The highest BCUT2D eigenvalue weighted by Crippen LogP contribution is 2.24. The molecule has 5 nitrogen and oxygen atoms in total. The summed E-state index contributed by atoms with van der Waals surface area (Å²) < 4.78 is 5.25. The Labute approximate surface area is 151 Å². The highest BCUT2D eigenvalue weighted by atomic mass is 16.4. The van der Waals surface area contributed by atoms with E-state index in [9.17, 15) is 9.59 Å². The average Bonchev–Trinajstić information content (AvgIpc) is 3.15. The zero-order valence-electron chi connectivity index (χ0n) is 14.4. The average molecular weight is 348 g/mol. The third-order valence-corrected chi connectivity index (χ3v) is 4.85. The summed E-state index contributed by atoms with van der Waals surface area (Å²) in [5, 5.41) is 3.65. The summed E-state index contributed by atoms with van der Waals surface area (Å²) in [5.74, 6) is -0.385. The van der Waals surface area contributed by atoms with Crippen LogP contribution in [0.4, 0.5) is 5.69 Å². The van der Waals surface area contributed by atoms with Crippen molar-refractivity contribution >= 4 is 22.6 Å². The Morgan fingerprint density at radius 1 is 1.12 bits per heavy atom. The number of hydrogen-bond acceptors (Lipinski definition) is 4. The van der Waals surface area contributed by atoms with Crippen LogP contribution in [0.15, 0.2) is 69.9 Å². The molecule has 4 rings (SSSR count). The number of nitrogens with one attached hydrogen (secondary N) is 1. The van der Waals surface area contributed by atoms with Gasteiger partial charge >= 0.3 is 5.63 Å². The number of nitrogens with zero attached hydrogens (tertiary/aromatic N) is 1. The van der Waals surface area contributed by atoms with Crippen molar-refractivity contribution in [3.63, 3.8) is 0 Å². The van der Waals surface area contributed by atoms with E-state index >= 15 is 0 Å². The summed E-state index contributed by atoms with van der Waals surface area (Å²) in [5.41, 5.74) is 1.09. The Hall–Kier alpha value is -3.08. The molecule has 5 heteroatoms. The second-order valence-corrected chi connectivity index (χ2v) is 6.52. The third kappa shape index (κ3) is 3.20. The molecule has 26 heavy (non-hydrogen) atoms. The van der Waals surface area contributed by atoms with Crippen molar-refractivity contribution in [1.82, 2.24) is 5.32 Å². The fraction of sp³-hybridized carbons (Fsp3) is 0.238. The van der Waals surface area contributed by atoms with E-state index in [-0.39, 0.29) is 17.5 Å². The summed E-state index contributed by atoms with van der Waals surface area (Å²) in [7, 11) is 0. The summed E-state index contributed by atoms with van der Waals surface area (Å²) in [6, 6.07) is 19.2. The molecule has 1 aromatic heterocycles. The Balaban J connectivity index is 1.49. The maximum absolute atomic E-state index is 12.5. The van der Waals surface area contributed by atoms with E-state index in [1.807, 2.05) is 30.3 Å². The lowest BCUT2D eigenvalue weighted by Crippen LogP contribution is -2.41. The van der Waals surface area contributed by atoms with Crippen LogP contribution >= 0.6 is 0 Å². The Morgan fingerprint density at radius 2 is 1.88 bits per heavy atom. The van der Waals surface area contributed by atoms with E-state index in [0.29, 0.717) is 12.1 Å². The first kappa shape index (κ1) is 16.4. The highest BCUT2D eigenvalue weighted by molar-refractivity contribution is 5.96. The molecule has 0 spiro atoms. The van der Waals surface area contributed by atoms with E-state index in [1.165, 1.54) is 0 Å². The first-order valence-corrected chi connectivity index (χ1v) is 8.85. The minimum atomic E-state index is -0.604. The van der Waals surface area contributed by atoms with Crippen LogP contribution in [0.1, 0.15) is 23.2 Å². The number of para-hydroxylation sites is 2. The van der Waals surface area contributed by atoms with Gasteiger partial charge in [0.25, 0.3) is 5.91 Å². The molecule has 1 unspecified atom stereocenters. The number of amides is 1. The second-order valence-electron chi connectivity index (χ2n) is 6.52. The topological polar surface area (TPSA) is 62.6 Å². The van der Waals surface area contributed by atoms with Crippen molar-refractivity contribution in [2.24, 2.45) is 0 Å². The molecule has 1 amide bonds. The molecule has 0 aliphatic carbocycles. The van der Waals surface area contributed by atoms with Gasteiger partial charge in [-0.15, -0.1) is 0 Å². The Bertz CT molecular complexity index is 981. The number of carbonyl (C=O) groups is 1. The Kier molecular flexibility index (Phi) is 4.44. The molecule has 1 aliphatic heterocycles. The Morgan fingerprint density at radius 3 is 2.73 bits per heavy atom. The van der Waals surface area contributed by atoms with E-state index in [4.69, 9.17) is 4.42 Å². The molecule has 0 saturated carbocycles. The molecule has 2 aromatic carbocycles. The molecule has 1 atom stereocenters. The summed E-state index contributed by atoms with van der Waals surface area (Å²) in [4.78, 5) is 26.9. The van der Waals surface area contributed by atoms with Crippen molar-refractivity contribution in [3.8, 4) is 0 Å². The van der Waals surface area contributed by atoms with Gasteiger partial charge in [0, 0.05) is 30.2 Å². The predicted molar refractivity (Wildman–Crippen MR) is 102 cm³/mol. The molecule has 0 bridgehead atoms. The fourth-order valence-corrected chi connectivity index (χ4v) is 3.53. The van der Waals surface area contributed by atoms with Crippen molar-refractivity contribution in [3.05, 3.63) is 76.6 Å². The molecule has 0 radical (unpaired) electrons. The largest absolute Gasteiger partial charge is 0.422 e. The van der Waals surface area contributed by atoms with E-state index in [0.717, 1.165) is 30.5 Å². The molecular weight excluding hydrogens is 328 g/mol. The normalized spacial score (nSPS) is 16.8. The quantitative estimate of drug-likeness (QED) is 0.736. The zero-order valence-corrected chi connectivity index (χ0v) is 14.4. The van der Waals surface area contributed by atoms with Crippen LogP contribution in [0.2, 0.25) is 0 Å². The SMILES string of the molecule is O=C(NCC1CCCN1c1ccccc1)c1cc2ccccc2oc1=O. The molecule has 1 saturated heterocycles. The second kappa shape index (κ2) is 7.04. The maximum Gasteiger partial charge on any atom is 0.349 e. The van der Waals surface area contributed by atoms with Gasteiger partial charge in [0.15, 0.2) is 0 Å². The van der Waals surface area contributed by atoms with Crippen molar-refractivity contribution in [2.75, 3.05) is 18.0 Å².